The molecule has 2 aromatic carbocycles. The van der Waals surface area contributed by atoms with Gasteiger partial charge in [0, 0.05) is 22.2 Å². The van der Waals surface area contributed by atoms with Crippen LogP contribution in [0.2, 0.25) is 0 Å². The normalized spacial score (nSPS) is 14.9. The monoisotopic (exact) mass is 456 g/mol. The molecule has 1 saturated heterocycles. The van der Waals surface area contributed by atoms with Crippen LogP contribution in [0.15, 0.2) is 47.4 Å². The third kappa shape index (κ3) is 3.56. The van der Waals surface area contributed by atoms with Crippen molar-refractivity contribution in [1.82, 2.24) is 0 Å². The fraction of sp³-hybridized carbons (Fsp3) is 0.235. The lowest BCUT2D eigenvalue weighted by molar-refractivity contribution is -0.117. The van der Waals surface area contributed by atoms with Crippen LogP contribution in [0.1, 0.15) is 18.4 Å². The SMILES string of the molecule is Cc1cc(I)ccc1NS(=O)(=O)c1ccc(N2CCCC2=O)cc1. The fourth-order valence-electron chi connectivity index (χ4n) is 2.67. The van der Waals surface area contributed by atoms with Crippen LogP contribution in [0.5, 0.6) is 0 Å². The molecule has 0 atom stereocenters. The second kappa shape index (κ2) is 6.72. The van der Waals surface area contributed by atoms with E-state index in [1.165, 1.54) is 12.1 Å². The highest BCUT2D eigenvalue weighted by Crippen LogP contribution is 2.25. The van der Waals surface area contributed by atoms with E-state index in [2.05, 4.69) is 27.3 Å². The molecule has 0 bridgehead atoms. The van der Waals surface area contributed by atoms with Gasteiger partial charge in [-0.05, 0) is 84.0 Å². The average Bonchev–Trinajstić information content (AvgIpc) is 2.96. The lowest BCUT2D eigenvalue weighted by Crippen LogP contribution is -2.23. The first-order valence-corrected chi connectivity index (χ1v) is 10.1. The van der Waals surface area contributed by atoms with Crippen molar-refractivity contribution in [2.24, 2.45) is 0 Å². The molecule has 7 heteroatoms. The van der Waals surface area contributed by atoms with Crippen molar-refractivity contribution in [1.29, 1.82) is 0 Å². The zero-order chi connectivity index (χ0) is 17.3. The van der Waals surface area contributed by atoms with Crippen LogP contribution in [-0.2, 0) is 14.8 Å². The maximum Gasteiger partial charge on any atom is 0.261 e. The summed E-state index contributed by atoms with van der Waals surface area (Å²) in [6.07, 6.45) is 1.39. The summed E-state index contributed by atoms with van der Waals surface area (Å²) in [5.41, 5.74) is 2.17. The molecular weight excluding hydrogens is 439 g/mol. The Kier molecular flexibility index (Phi) is 4.82. The Morgan fingerprint density at radius 3 is 2.42 bits per heavy atom. The molecule has 24 heavy (non-hydrogen) atoms. The fourth-order valence-corrected chi connectivity index (χ4v) is 4.45. The highest BCUT2D eigenvalue weighted by molar-refractivity contribution is 14.1. The number of aryl methyl sites for hydroxylation is 1. The maximum absolute atomic E-state index is 12.5. The topological polar surface area (TPSA) is 66.5 Å². The number of amides is 1. The second-order valence-electron chi connectivity index (χ2n) is 5.71. The van der Waals surface area contributed by atoms with Gasteiger partial charge in [-0.2, -0.15) is 0 Å². The Morgan fingerprint density at radius 1 is 1.12 bits per heavy atom. The van der Waals surface area contributed by atoms with Gasteiger partial charge in [-0.15, -0.1) is 0 Å². The van der Waals surface area contributed by atoms with Gasteiger partial charge in [0.1, 0.15) is 0 Å². The zero-order valence-corrected chi connectivity index (χ0v) is 16.1. The highest BCUT2D eigenvalue weighted by atomic mass is 127. The Labute approximate surface area is 155 Å². The van der Waals surface area contributed by atoms with Crippen molar-refractivity contribution in [2.75, 3.05) is 16.2 Å². The number of carbonyl (C=O) groups is 1. The van der Waals surface area contributed by atoms with E-state index in [1.807, 2.05) is 19.1 Å². The number of anilines is 2. The molecule has 0 aliphatic carbocycles. The van der Waals surface area contributed by atoms with Crippen molar-refractivity contribution in [3.05, 3.63) is 51.6 Å². The van der Waals surface area contributed by atoms with Crippen LogP contribution in [-0.4, -0.2) is 20.9 Å². The minimum absolute atomic E-state index is 0.0817. The van der Waals surface area contributed by atoms with Crippen molar-refractivity contribution < 1.29 is 13.2 Å². The smallest absolute Gasteiger partial charge is 0.261 e. The third-order valence-electron chi connectivity index (χ3n) is 3.96. The number of carbonyl (C=O) groups excluding carboxylic acids is 1. The van der Waals surface area contributed by atoms with Crippen LogP contribution in [0.25, 0.3) is 0 Å². The van der Waals surface area contributed by atoms with Crippen LogP contribution in [0, 0.1) is 10.5 Å². The van der Waals surface area contributed by atoms with E-state index in [0.717, 1.165) is 21.2 Å². The first-order valence-electron chi connectivity index (χ1n) is 7.56. The van der Waals surface area contributed by atoms with Crippen LogP contribution in [0.4, 0.5) is 11.4 Å². The zero-order valence-electron chi connectivity index (χ0n) is 13.1. The molecule has 126 valence electrons. The molecule has 3 rings (SSSR count). The highest BCUT2D eigenvalue weighted by Gasteiger charge is 2.22. The minimum atomic E-state index is -3.66. The average molecular weight is 456 g/mol. The summed E-state index contributed by atoms with van der Waals surface area (Å²) >= 11 is 2.19. The van der Waals surface area contributed by atoms with Crippen molar-refractivity contribution in [3.8, 4) is 0 Å². The Hall–Kier alpha value is -1.61. The van der Waals surface area contributed by atoms with Gasteiger partial charge in [0.25, 0.3) is 10.0 Å². The van der Waals surface area contributed by atoms with Crippen molar-refractivity contribution in [2.45, 2.75) is 24.7 Å². The molecule has 1 fully saturated rings. The molecule has 0 aromatic heterocycles. The summed E-state index contributed by atoms with van der Waals surface area (Å²) in [4.78, 5) is 13.6. The van der Waals surface area contributed by atoms with Gasteiger partial charge in [0.2, 0.25) is 5.91 Å². The Balaban J connectivity index is 1.83. The first-order chi connectivity index (χ1) is 11.4. The lowest BCUT2D eigenvalue weighted by Gasteiger charge is -2.16. The summed E-state index contributed by atoms with van der Waals surface area (Å²) in [6, 6.07) is 12.0. The summed E-state index contributed by atoms with van der Waals surface area (Å²) in [5, 5.41) is 0. The van der Waals surface area contributed by atoms with E-state index in [9.17, 15) is 13.2 Å². The van der Waals surface area contributed by atoms with Gasteiger partial charge in [-0.3, -0.25) is 9.52 Å². The maximum atomic E-state index is 12.5. The van der Waals surface area contributed by atoms with Crippen molar-refractivity contribution in [3.63, 3.8) is 0 Å². The van der Waals surface area contributed by atoms with E-state index in [4.69, 9.17) is 0 Å². The van der Waals surface area contributed by atoms with E-state index in [1.54, 1.807) is 23.1 Å². The predicted octanol–water partition coefficient (Wildman–Crippen LogP) is 3.53. The summed E-state index contributed by atoms with van der Waals surface area (Å²) < 4.78 is 28.7. The van der Waals surface area contributed by atoms with Gasteiger partial charge >= 0.3 is 0 Å². The predicted molar refractivity (Wildman–Crippen MR) is 103 cm³/mol. The van der Waals surface area contributed by atoms with Crippen LogP contribution >= 0.6 is 22.6 Å². The molecule has 0 spiro atoms. The largest absolute Gasteiger partial charge is 0.312 e. The minimum Gasteiger partial charge on any atom is -0.312 e. The van der Waals surface area contributed by atoms with Gasteiger partial charge in [0.05, 0.1) is 10.6 Å². The van der Waals surface area contributed by atoms with Gasteiger partial charge in [-0.25, -0.2) is 8.42 Å². The molecule has 0 radical (unpaired) electrons. The van der Waals surface area contributed by atoms with E-state index < -0.39 is 10.0 Å². The number of halogens is 1. The molecule has 0 saturated carbocycles. The summed E-state index contributed by atoms with van der Waals surface area (Å²) in [7, 11) is -3.66. The van der Waals surface area contributed by atoms with E-state index >= 15 is 0 Å². The van der Waals surface area contributed by atoms with E-state index in [-0.39, 0.29) is 10.8 Å². The first kappa shape index (κ1) is 17.2. The standard InChI is InChI=1S/C17H17IN2O3S/c1-12-11-13(18)4-9-16(12)19-24(22,23)15-7-5-14(6-8-15)20-10-2-3-17(20)21/h4-9,11,19H,2-3,10H2,1H3. The number of nitrogens with one attached hydrogen (secondary N) is 1. The molecule has 0 unspecified atom stereocenters. The molecule has 2 aromatic rings. The quantitative estimate of drug-likeness (QED) is 0.717. The lowest BCUT2D eigenvalue weighted by atomic mass is 10.2. The molecule has 5 nitrogen and oxygen atoms in total. The summed E-state index contributed by atoms with van der Waals surface area (Å²) in [6.45, 7) is 2.55. The number of hydrogen-bond acceptors (Lipinski definition) is 3. The van der Waals surface area contributed by atoms with Crippen molar-refractivity contribution >= 4 is 49.9 Å². The molecule has 1 heterocycles. The summed E-state index contributed by atoms with van der Waals surface area (Å²) in [5.74, 6) is 0.0817. The Bertz CT molecular complexity index is 879. The van der Waals surface area contributed by atoms with Gasteiger partial charge < -0.3 is 4.90 Å². The third-order valence-corrected chi connectivity index (χ3v) is 6.02. The van der Waals surface area contributed by atoms with E-state index in [0.29, 0.717) is 18.7 Å². The number of nitrogens with zero attached hydrogens (tertiary/aromatic N) is 1. The number of rotatable bonds is 4. The van der Waals surface area contributed by atoms with Crippen LogP contribution < -0.4 is 9.62 Å². The van der Waals surface area contributed by atoms with Crippen LogP contribution in [0.3, 0.4) is 0 Å². The Morgan fingerprint density at radius 2 is 1.83 bits per heavy atom. The molecule has 1 aliphatic rings. The van der Waals surface area contributed by atoms with Gasteiger partial charge in [0.15, 0.2) is 0 Å². The second-order valence-corrected chi connectivity index (χ2v) is 8.64. The number of sulfonamides is 1. The molecule has 1 aliphatic heterocycles. The molecule has 1 amide bonds. The molecule has 1 N–H and O–H groups in total. The number of hydrogen-bond donors (Lipinski definition) is 1. The number of benzene rings is 2. The molecular formula is C17H17IN2O3S. The van der Waals surface area contributed by atoms with Gasteiger partial charge in [-0.1, -0.05) is 0 Å².